The first-order valence-electron chi connectivity index (χ1n) is 6.22. The summed E-state index contributed by atoms with van der Waals surface area (Å²) in [5, 5.41) is 1.32. The fourth-order valence-electron chi connectivity index (χ4n) is 2.38. The number of carbonyl (C=O) groups is 1. The zero-order valence-corrected chi connectivity index (χ0v) is 12.0. The summed E-state index contributed by atoms with van der Waals surface area (Å²) in [5.41, 5.74) is 7.33. The van der Waals surface area contributed by atoms with Crippen molar-refractivity contribution in [3.63, 3.8) is 0 Å². The van der Waals surface area contributed by atoms with Gasteiger partial charge in [0.05, 0.1) is 28.9 Å². The van der Waals surface area contributed by atoms with Crippen LogP contribution in [-0.2, 0) is 0 Å². The Balaban J connectivity index is 2.41. The van der Waals surface area contributed by atoms with Gasteiger partial charge < -0.3 is 10.5 Å². The monoisotopic (exact) mass is 301 g/mol. The SMILES string of the molecule is COc1nccc(Cl)c1-c1cc2ccccc2n1C(N)=O. The Kier molecular flexibility index (Phi) is 3.27. The lowest BCUT2D eigenvalue weighted by Crippen LogP contribution is -2.20. The van der Waals surface area contributed by atoms with Crippen LogP contribution in [0.25, 0.3) is 22.2 Å². The molecule has 2 heterocycles. The Bertz CT molecular complexity index is 842. The predicted octanol–water partition coefficient (Wildman–Crippen LogP) is 3.29. The molecule has 106 valence electrons. The molecule has 5 nitrogen and oxygen atoms in total. The average molecular weight is 302 g/mol. The summed E-state index contributed by atoms with van der Waals surface area (Å²) in [5.74, 6) is 0.341. The number of nitrogens with zero attached hydrogens (tertiary/aromatic N) is 2. The Morgan fingerprint density at radius 2 is 2.10 bits per heavy atom. The van der Waals surface area contributed by atoms with Crippen LogP contribution in [0.2, 0.25) is 5.02 Å². The number of para-hydroxylation sites is 1. The number of carbonyl (C=O) groups excluding carboxylic acids is 1. The minimum absolute atomic E-state index is 0.341. The molecule has 3 aromatic rings. The van der Waals surface area contributed by atoms with Gasteiger partial charge in [0, 0.05) is 11.6 Å². The zero-order valence-electron chi connectivity index (χ0n) is 11.2. The van der Waals surface area contributed by atoms with Crippen molar-refractivity contribution >= 4 is 28.5 Å². The molecule has 0 unspecified atom stereocenters. The van der Waals surface area contributed by atoms with Crippen LogP contribution >= 0.6 is 11.6 Å². The quantitative estimate of drug-likeness (QED) is 0.789. The minimum atomic E-state index is -0.590. The molecule has 0 bridgehead atoms. The van der Waals surface area contributed by atoms with Crippen LogP contribution in [0.3, 0.4) is 0 Å². The smallest absolute Gasteiger partial charge is 0.323 e. The standard InChI is InChI=1S/C15H12ClN3O2/c1-21-14-13(10(16)6-7-18-14)12-8-9-4-2-3-5-11(9)19(12)15(17)20/h2-8H,1H3,(H2,17,20). The highest BCUT2D eigenvalue weighted by molar-refractivity contribution is 6.33. The minimum Gasteiger partial charge on any atom is -0.480 e. The van der Waals surface area contributed by atoms with E-state index in [1.165, 1.54) is 11.7 Å². The molecule has 0 radical (unpaired) electrons. The van der Waals surface area contributed by atoms with Crippen molar-refractivity contribution in [2.24, 2.45) is 5.73 Å². The van der Waals surface area contributed by atoms with E-state index >= 15 is 0 Å². The Morgan fingerprint density at radius 1 is 1.33 bits per heavy atom. The number of hydrogen-bond acceptors (Lipinski definition) is 3. The lowest BCUT2D eigenvalue weighted by molar-refractivity contribution is 0.251. The van der Waals surface area contributed by atoms with Gasteiger partial charge >= 0.3 is 6.03 Å². The van der Waals surface area contributed by atoms with Crippen molar-refractivity contribution in [1.29, 1.82) is 0 Å². The van der Waals surface area contributed by atoms with Crippen molar-refractivity contribution in [3.8, 4) is 17.1 Å². The summed E-state index contributed by atoms with van der Waals surface area (Å²) in [4.78, 5) is 16.0. The lowest BCUT2D eigenvalue weighted by Gasteiger charge is -2.11. The summed E-state index contributed by atoms with van der Waals surface area (Å²) in [6.45, 7) is 0. The van der Waals surface area contributed by atoms with E-state index in [-0.39, 0.29) is 0 Å². The molecule has 0 aliphatic heterocycles. The van der Waals surface area contributed by atoms with Gasteiger partial charge in [-0.1, -0.05) is 29.8 Å². The van der Waals surface area contributed by atoms with Crippen molar-refractivity contribution < 1.29 is 9.53 Å². The lowest BCUT2D eigenvalue weighted by atomic mass is 10.2. The summed E-state index contributed by atoms with van der Waals surface area (Å²) < 4.78 is 6.65. The van der Waals surface area contributed by atoms with Crippen LogP contribution < -0.4 is 10.5 Å². The van der Waals surface area contributed by atoms with E-state index < -0.39 is 6.03 Å². The van der Waals surface area contributed by atoms with E-state index in [4.69, 9.17) is 22.1 Å². The van der Waals surface area contributed by atoms with Gasteiger partial charge in [-0.15, -0.1) is 0 Å². The number of amides is 1. The molecule has 1 aromatic carbocycles. The molecule has 0 aliphatic carbocycles. The third-order valence-electron chi connectivity index (χ3n) is 3.25. The van der Waals surface area contributed by atoms with Gasteiger partial charge in [0.15, 0.2) is 0 Å². The van der Waals surface area contributed by atoms with Gasteiger partial charge in [-0.2, -0.15) is 0 Å². The molecule has 0 spiro atoms. The third-order valence-corrected chi connectivity index (χ3v) is 3.56. The van der Waals surface area contributed by atoms with Crippen molar-refractivity contribution in [2.45, 2.75) is 0 Å². The van der Waals surface area contributed by atoms with Crippen LogP contribution in [0.15, 0.2) is 42.6 Å². The number of fused-ring (bicyclic) bond motifs is 1. The number of ether oxygens (including phenoxy) is 1. The number of benzene rings is 1. The number of aromatic nitrogens is 2. The van der Waals surface area contributed by atoms with Crippen LogP contribution in [0.1, 0.15) is 0 Å². The summed E-state index contributed by atoms with van der Waals surface area (Å²) in [6.07, 6.45) is 1.54. The molecule has 0 saturated heterocycles. The van der Waals surface area contributed by atoms with Gasteiger partial charge in [-0.25, -0.2) is 9.78 Å². The molecule has 0 aliphatic rings. The van der Waals surface area contributed by atoms with Gasteiger partial charge in [0.2, 0.25) is 5.88 Å². The van der Waals surface area contributed by atoms with Gasteiger partial charge in [-0.05, 0) is 18.2 Å². The maximum Gasteiger partial charge on any atom is 0.323 e. The highest BCUT2D eigenvalue weighted by Crippen LogP contribution is 2.37. The molecule has 21 heavy (non-hydrogen) atoms. The van der Waals surface area contributed by atoms with E-state index in [1.807, 2.05) is 30.3 Å². The largest absolute Gasteiger partial charge is 0.480 e. The molecule has 2 N–H and O–H groups in total. The first-order chi connectivity index (χ1) is 10.1. The third kappa shape index (κ3) is 2.11. The van der Waals surface area contributed by atoms with E-state index in [2.05, 4.69) is 4.98 Å². The molecule has 6 heteroatoms. The van der Waals surface area contributed by atoms with Crippen LogP contribution in [0, 0.1) is 0 Å². The number of nitrogens with two attached hydrogens (primary N) is 1. The molecule has 1 amide bonds. The molecule has 0 fully saturated rings. The van der Waals surface area contributed by atoms with Crippen molar-refractivity contribution in [3.05, 3.63) is 47.6 Å². The second-order valence-electron chi connectivity index (χ2n) is 4.44. The van der Waals surface area contributed by atoms with Crippen molar-refractivity contribution in [1.82, 2.24) is 9.55 Å². The number of methoxy groups -OCH3 is 1. The highest BCUT2D eigenvalue weighted by Gasteiger charge is 2.20. The zero-order chi connectivity index (χ0) is 15.0. The fourth-order valence-corrected chi connectivity index (χ4v) is 2.62. The number of hydrogen-bond donors (Lipinski definition) is 1. The predicted molar refractivity (Wildman–Crippen MR) is 81.7 cm³/mol. The highest BCUT2D eigenvalue weighted by atomic mass is 35.5. The Hall–Kier alpha value is -2.53. The fraction of sp³-hybridized carbons (Fsp3) is 0.0667. The molecule has 3 rings (SSSR count). The number of rotatable bonds is 2. The Morgan fingerprint density at radius 3 is 2.81 bits per heavy atom. The topological polar surface area (TPSA) is 70.1 Å². The van der Waals surface area contributed by atoms with E-state index in [0.29, 0.717) is 27.7 Å². The normalized spacial score (nSPS) is 10.8. The van der Waals surface area contributed by atoms with Crippen LogP contribution in [0.4, 0.5) is 4.79 Å². The second-order valence-corrected chi connectivity index (χ2v) is 4.85. The average Bonchev–Trinajstić information content (AvgIpc) is 2.85. The maximum absolute atomic E-state index is 11.9. The molecular weight excluding hydrogens is 290 g/mol. The molecule has 2 aromatic heterocycles. The maximum atomic E-state index is 11.9. The van der Waals surface area contributed by atoms with Gasteiger partial charge in [0.25, 0.3) is 0 Å². The molecular formula is C15H12ClN3O2. The molecule has 0 saturated carbocycles. The number of pyridine rings is 1. The van der Waals surface area contributed by atoms with Gasteiger partial charge in [0.1, 0.15) is 0 Å². The van der Waals surface area contributed by atoms with E-state index in [1.54, 1.807) is 12.3 Å². The summed E-state index contributed by atoms with van der Waals surface area (Å²) in [7, 11) is 1.50. The van der Waals surface area contributed by atoms with E-state index in [0.717, 1.165) is 5.39 Å². The molecule has 0 atom stereocenters. The second kappa shape index (κ2) is 5.10. The Labute approximate surface area is 125 Å². The van der Waals surface area contributed by atoms with Crippen LogP contribution in [0.5, 0.6) is 5.88 Å². The first kappa shape index (κ1) is 13.5. The number of halogens is 1. The summed E-state index contributed by atoms with van der Waals surface area (Å²) in [6, 6.07) is 10.3. The van der Waals surface area contributed by atoms with E-state index in [9.17, 15) is 4.79 Å². The van der Waals surface area contributed by atoms with Gasteiger partial charge in [-0.3, -0.25) is 4.57 Å². The van der Waals surface area contributed by atoms with Crippen molar-refractivity contribution in [2.75, 3.05) is 7.11 Å². The number of primary amides is 1. The summed E-state index contributed by atoms with van der Waals surface area (Å²) >= 11 is 6.26. The van der Waals surface area contributed by atoms with Crippen LogP contribution in [-0.4, -0.2) is 22.7 Å². The first-order valence-corrected chi connectivity index (χ1v) is 6.60.